The molecule has 39 heavy (non-hydrogen) atoms. The number of nitro benzene ring substituents is 1. The van der Waals surface area contributed by atoms with E-state index in [-0.39, 0.29) is 29.1 Å². The third-order valence-corrected chi connectivity index (χ3v) is 6.46. The normalized spacial score (nSPS) is 11.0. The van der Waals surface area contributed by atoms with Gasteiger partial charge in [-0.05, 0) is 66.1 Å². The Labute approximate surface area is 231 Å². The van der Waals surface area contributed by atoms with Gasteiger partial charge in [0.2, 0.25) is 0 Å². The average molecular weight is 555 g/mol. The van der Waals surface area contributed by atoms with E-state index in [0.717, 1.165) is 0 Å². The van der Waals surface area contributed by atoms with Crippen molar-refractivity contribution in [3.05, 3.63) is 92.5 Å². The highest BCUT2D eigenvalue weighted by Crippen LogP contribution is 2.30. The number of nitrogens with one attached hydrogen (secondary N) is 1. The molecule has 3 N–H and O–H groups in total. The fraction of sp³-hybridized carbons (Fsp3) is 0.286. The molecule has 0 saturated carbocycles. The van der Waals surface area contributed by atoms with Crippen LogP contribution in [0.25, 0.3) is 0 Å². The maximum absolute atomic E-state index is 13.7. The number of non-ortho nitro benzene ring substituents is 1. The van der Waals surface area contributed by atoms with Crippen molar-refractivity contribution in [3.63, 3.8) is 0 Å². The summed E-state index contributed by atoms with van der Waals surface area (Å²) in [6.07, 6.45) is 0. The molecular formula is C28H31ClN4O6. The summed E-state index contributed by atoms with van der Waals surface area (Å²) >= 11 is 6.51. The van der Waals surface area contributed by atoms with E-state index in [0.29, 0.717) is 46.4 Å². The zero-order valence-electron chi connectivity index (χ0n) is 22.2. The number of nitro groups is 1. The molecule has 3 aromatic carbocycles. The van der Waals surface area contributed by atoms with Crippen LogP contribution in [0.1, 0.15) is 40.1 Å². The number of anilines is 1. The van der Waals surface area contributed by atoms with Crippen molar-refractivity contribution in [2.45, 2.75) is 20.4 Å². The van der Waals surface area contributed by atoms with Crippen LogP contribution in [0.3, 0.4) is 0 Å². The number of nitrogens with zero attached hydrogens (tertiary/aromatic N) is 2. The van der Waals surface area contributed by atoms with Crippen molar-refractivity contribution in [2.24, 2.45) is 11.1 Å². The van der Waals surface area contributed by atoms with Crippen molar-refractivity contribution < 1.29 is 24.0 Å². The molecule has 2 amide bonds. The minimum Gasteiger partial charge on any atom is -0.493 e. The number of halogens is 1. The smallest absolute Gasteiger partial charge is 0.269 e. The Kier molecular flexibility index (Phi) is 9.50. The van der Waals surface area contributed by atoms with E-state index in [4.69, 9.17) is 26.8 Å². The molecule has 0 aromatic heterocycles. The van der Waals surface area contributed by atoms with Gasteiger partial charge in [0.15, 0.2) is 11.5 Å². The van der Waals surface area contributed by atoms with Crippen LogP contribution in [0.4, 0.5) is 11.4 Å². The lowest BCUT2D eigenvalue weighted by molar-refractivity contribution is -0.384. The molecule has 0 aliphatic carbocycles. The number of rotatable bonds is 11. The van der Waals surface area contributed by atoms with Crippen molar-refractivity contribution in [1.82, 2.24) is 4.90 Å². The number of carbonyl (C=O) groups is 2. The molecule has 3 rings (SSSR count). The van der Waals surface area contributed by atoms with Crippen LogP contribution in [0, 0.1) is 15.5 Å². The second-order valence-electron chi connectivity index (χ2n) is 9.66. The largest absolute Gasteiger partial charge is 0.493 e. The first-order valence-electron chi connectivity index (χ1n) is 12.0. The van der Waals surface area contributed by atoms with Crippen molar-refractivity contribution in [3.8, 4) is 11.5 Å². The summed E-state index contributed by atoms with van der Waals surface area (Å²) in [4.78, 5) is 38.4. The average Bonchev–Trinajstić information content (AvgIpc) is 2.93. The summed E-state index contributed by atoms with van der Waals surface area (Å²) in [5, 5.41) is 14.1. The Morgan fingerprint density at radius 1 is 1.00 bits per heavy atom. The predicted molar refractivity (Wildman–Crippen MR) is 150 cm³/mol. The molecule has 0 aliphatic rings. The zero-order valence-corrected chi connectivity index (χ0v) is 22.9. The number of hydrogen-bond donors (Lipinski definition) is 2. The SMILES string of the molecule is COc1ccc(C(=O)N(Cc2cc(NC(=O)c3ccc([N+](=O)[O-])cc3)ccc2Cl)CC(C)(C)CN)cc1OC. The molecular weight excluding hydrogens is 524 g/mol. The molecule has 206 valence electrons. The first-order valence-corrected chi connectivity index (χ1v) is 12.4. The molecule has 3 aromatic rings. The Bertz CT molecular complexity index is 1360. The molecule has 0 atom stereocenters. The Balaban J connectivity index is 1.88. The summed E-state index contributed by atoms with van der Waals surface area (Å²) in [6, 6.07) is 15.2. The standard InChI is InChI=1S/C28H31ClN4O6/c1-28(2,16-30)17-32(27(35)19-7-12-24(38-3)25(14-19)39-4)15-20-13-21(8-11-23(20)29)31-26(34)18-5-9-22(10-6-18)33(36)37/h5-14H,15-17,30H2,1-4H3,(H,31,34). The highest BCUT2D eigenvalue weighted by molar-refractivity contribution is 6.31. The number of carbonyl (C=O) groups excluding carboxylic acids is 2. The van der Waals surface area contributed by atoms with E-state index in [9.17, 15) is 19.7 Å². The van der Waals surface area contributed by atoms with Crippen molar-refractivity contribution in [1.29, 1.82) is 0 Å². The highest BCUT2D eigenvalue weighted by Gasteiger charge is 2.26. The van der Waals surface area contributed by atoms with Gasteiger partial charge in [-0.3, -0.25) is 19.7 Å². The number of methoxy groups -OCH3 is 2. The molecule has 0 spiro atoms. The van der Waals surface area contributed by atoms with E-state index in [1.54, 1.807) is 41.3 Å². The summed E-state index contributed by atoms with van der Waals surface area (Å²) < 4.78 is 10.6. The topological polar surface area (TPSA) is 137 Å². The predicted octanol–water partition coefficient (Wildman–Crippen LogP) is 5.15. The van der Waals surface area contributed by atoms with Crippen LogP contribution in [0.5, 0.6) is 11.5 Å². The van der Waals surface area contributed by atoms with Crippen LogP contribution in [0.2, 0.25) is 5.02 Å². The van der Waals surface area contributed by atoms with Crippen molar-refractivity contribution in [2.75, 3.05) is 32.6 Å². The summed E-state index contributed by atoms with van der Waals surface area (Å²) in [5.74, 6) is 0.229. The summed E-state index contributed by atoms with van der Waals surface area (Å²) in [5.41, 5.74) is 7.20. The molecule has 0 unspecified atom stereocenters. The zero-order chi connectivity index (χ0) is 28.7. The molecule has 11 heteroatoms. The molecule has 0 aliphatic heterocycles. The van der Waals surface area contributed by atoms with Gasteiger partial charge in [0.25, 0.3) is 17.5 Å². The van der Waals surface area contributed by atoms with Gasteiger partial charge in [-0.15, -0.1) is 0 Å². The Morgan fingerprint density at radius 2 is 1.64 bits per heavy atom. The lowest BCUT2D eigenvalue weighted by Crippen LogP contribution is -2.41. The van der Waals surface area contributed by atoms with E-state index < -0.39 is 10.8 Å². The van der Waals surface area contributed by atoms with Gasteiger partial charge in [0, 0.05) is 47.1 Å². The Hall–Kier alpha value is -4.15. The lowest BCUT2D eigenvalue weighted by atomic mass is 9.92. The van der Waals surface area contributed by atoms with Gasteiger partial charge in [-0.2, -0.15) is 0 Å². The van der Waals surface area contributed by atoms with Crippen LogP contribution in [0.15, 0.2) is 60.7 Å². The van der Waals surface area contributed by atoms with Crippen LogP contribution >= 0.6 is 11.6 Å². The first-order chi connectivity index (χ1) is 18.5. The monoisotopic (exact) mass is 554 g/mol. The number of amides is 2. The molecule has 0 radical (unpaired) electrons. The fourth-order valence-electron chi connectivity index (χ4n) is 3.85. The first kappa shape index (κ1) is 29.4. The van der Waals surface area contributed by atoms with E-state index >= 15 is 0 Å². The van der Waals surface area contributed by atoms with E-state index in [1.807, 2.05) is 13.8 Å². The number of nitrogens with two attached hydrogens (primary N) is 1. The van der Waals surface area contributed by atoms with E-state index in [2.05, 4.69) is 5.32 Å². The minimum atomic E-state index is -0.534. The molecule has 0 heterocycles. The molecule has 10 nitrogen and oxygen atoms in total. The number of ether oxygens (including phenoxy) is 2. The third kappa shape index (κ3) is 7.46. The molecule has 0 saturated heterocycles. The van der Waals surface area contributed by atoms with Gasteiger partial charge in [-0.1, -0.05) is 25.4 Å². The highest BCUT2D eigenvalue weighted by atomic mass is 35.5. The van der Waals surface area contributed by atoms with Gasteiger partial charge in [0.05, 0.1) is 19.1 Å². The van der Waals surface area contributed by atoms with Gasteiger partial charge >= 0.3 is 0 Å². The minimum absolute atomic E-state index is 0.111. The van der Waals surface area contributed by atoms with Crippen LogP contribution in [-0.2, 0) is 6.54 Å². The second kappa shape index (κ2) is 12.6. The Morgan fingerprint density at radius 3 is 2.23 bits per heavy atom. The molecule has 0 fully saturated rings. The fourth-order valence-corrected chi connectivity index (χ4v) is 4.03. The summed E-state index contributed by atoms with van der Waals surface area (Å²) in [6.45, 7) is 4.76. The molecule has 0 bridgehead atoms. The van der Waals surface area contributed by atoms with Crippen LogP contribution in [-0.4, -0.2) is 48.9 Å². The second-order valence-corrected chi connectivity index (χ2v) is 10.1. The van der Waals surface area contributed by atoms with Gasteiger partial charge < -0.3 is 25.4 Å². The number of benzene rings is 3. The lowest BCUT2D eigenvalue weighted by Gasteiger charge is -2.32. The third-order valence-electron chi connectivity index (χ3n) is 6.09. The van der Waals surface area contributed by atoms with Gasteiger partial charge in [-0.25, -0.2) is 0 Å². The van der Waals surface area contributed by atoms with Gasteiger partial charge in [0.1, 0.15) is 0 Å². The maximum Gasteiger partial charge on any atom is 0.269 e. The quantitative estimate of drug-likeness (QED) is 0.247. The maximum atomic E-state index is 13.7. The van der Waals surface area contributed by atoms with Crippen molar-refractivity contribution >= 4 is 34.8 Å². The number of hydrogen-bond acceptors (Lipinski definition) is 7. The van der Waals surface area contributed by atoms with E-state index in [1.165, 1.54) is 38.5 Å². The van der Waals surface area contributed by atoms with Crippen LogP contribution < -0.4 is 20.5 Å². The summed E-state index contributed by atoms with van der Waals surface area (Å²) in [7, 11) is 3.02.